The highest BCUT2D eigenvalue weighted by Gasteiger charge is 2.46. The fourth-order valence-electron chi connectivity index (χ4n) is 10.6. The monoisotopic (exact) mass is 1100 g/mol. The second-order valence-electron chi connectivity index (χ2n) is 20.8. The fourth-order valence-corrected chi connectivity index (χ4v) is 10.6. The third-order valence-electron chi connectivity index (χ3n) is 14.7. The van der Waals surface area contributed by atoms with E-state index in [9.17, 15) is 40.9 Å². The molecule has 428 valence electrons. The third kappa shape index (κ3) is 13.1. The molecule has 0 unspecified atom stereocenters. The minimum atomic E-state index is -1.58. The van der Waals surface area contributed by atoms with Crippen LogP contribution in [0.2, 0.25) is 0 Å². The Labute approximate surface area is 467 Å². The van der Waals surface area contributed by atoms with E-state index in [-0.39, 0.29) is 0 Å². The van der Waals surface area contributed by atoms with Crippen LogP contribution in [-0.2, 0) is 35.2 Å². The topological polar surface area (TPSA) is 236 Å². The Morgan fingerprint density at radius 1 is 0.362 bits per heavy atom. The van der Waals surface area contributed by atoms with E-state index in [1.807, 2.05) is 24.3 Å². The van der Waals surface area contributed by atoms with E-state index in [0.717, 1.165) is 115 Å². The van der Waals surface area contributed by atoms with E-state index in [1.165, 1.54) is 0 Å². The summed E-state index contributed by atoms with van der Waals surface area (Å²) in [7, 11) is 0. The van der Waals surface area contributed by atoms with Crippen molar-refractivity contribution in [2.45, 2.75) is 140 Å². The van der Waals surface area contributed by atoms with Gasteiger partial charge < -0.3 is 78.7 Å². The molecular formula is C64H76O16. The Bertz CT molecular complexity index is 2690. The Morgan fingerprint density at radius 3 is 0.925 bits per heavy atom. The summed E-state index contributed by atoms with van der Waals surface area (Å²) >= 11 is 0. The molecule has 0 aromatic heterocycles. The molecule has 16 heteroatoms. The Kier molecular flexibility index (Phi) is 19.7. The molecule has 6 aromatic rings. The van der Waals surface area contributed by atoms with E-state index in [2.05, 4.69) is 88.4 Å². The lowest BCUT2D eigenvalue weighted by Gasteiger charge is -2.39. The van der Waals surface area contributed by atoms with Crippen LogP contribution in [-0.4, -0.2) is 142 Å². The van der Waals surface area contributed by atoms with Crippen LogP contribution in [0.3, 0.4) is 0 Å². The van der Waals surface area contributed by atoms with Crippen LogP contribution in [0.25, 0.3) is 22.3 Å². The van der Waals surface area contributed by atoms with Crippen molar-refractivity contribution < 1.29 is 78.7 Å². The van der Waals surface area contributed by atoms with Gasteiger partial charge in [-0.25, -0.2) is 0 Å². The van der Waals surface area contributed by atoms with Gasteiger partial charge in [-0.3, -0.25) is 0 Å². The predicted molar refractivity (Wildman–Crippen MR) is 300 cm³/mol. The van der Waals surface area contributed by atoms with Crippen molar-refractivity contribution in [1.29, 1.82) is 0 Å². The van der Waals surface area contributed by atoms with Gasteiger partial charge >= 0.3 is 0 Å². The van der Waals surface area contributed by atoms with Crippen LogP contribution < -0.4 is 28.4 Å². The lowest BCUT2D eigenvalue weighted by atomic mass is 9.88. The molecule has 16 nitrogen and oxygen atoms in total. The lowest BCUT2D eigenvalue weighted by Crippen LogP contribution is -2.60. The van der Waals surface area contributed by atoms with Gasteiger partial charge in [0, 0.05) is 25.7 Å². The molecule has 3 aliphatic rings. The van der Waals surface area contributed by atoms with Crippen molar-refractivity contribution in [3.63, 3.8) is 0 Å². The van der Waals surface area contributed by atoms with E-state index in [1.54, 1.807) is 24.3 Å². The molecule has 10 atom stereocenters. The van der Waals surface area contributed by atoms with Crippen LogP contribution in [0.1, 0.15) is 97.9 Å². The van der Waals surface area contributed by atoms with Crippen molar-refractivity contribution in [2.75, 3.05) is 39.6 Å². The first kappa shape index (κ1) is 58.4. The van der Waals surface area contributed by atoms with Crippen molar-refractivity contribution in [3.8, 4) is 56.8 Å². The fraction of sp³-hybridized carbons (Fsp3) is 0.438. The average Bonchev–Trinajstić information content (AvgIpc) is 3.53. The summed E-state index contributed by atoms with van der Waals surface area (Å²) < 4.78 is 50.6. The molecule has 2 heterocycles. The molecule has 0 amide bonds. The number of benzene rings is 6. The molecule has 6 aromatic carbocycles. The molecule has 2 saturated heterocycles. The Balaban J connectivity index is 1.16. The number of fused-ring (bicyclic) bond motifs is 8. The van der Waals surface area contributed by atoms with Gasteiger partial charge in [0.05, 0.1) is 39.6 Å². The first-order chi connectivity index (χ1) is 38.9. The molecule has 0 spiro atoms. The minimum absolute atomic E-state index is 0.352. The smallest absolute Gasteiger partial charge is 0.229 e. The summed E-state index contributed by atoms with van der Waals surface area (Å²) in [5, 5.41) is 82.5. The van der Waals surface area contributed by atoms with Crippen LogP contribution in [0, 0.1) is 0 Å². The van der Waals surface area contributed by atoms with Gasteiger partial charge in [-0.1, -0.05) is 88.4 Å². The van der Waals surface area contributed by atoms with Crippen LogP contribution in [0.5, 0.6) is 34.5 Å². The van der Waals surface area contributed by atoms with Gasteiger partial charge in [-0.2, -0.15) is 0 Å². The van der Waals surface area contributed by atoms with Crippen LogP contribution in [0.4, 0.5) is 0 Å². The second kappa shape index (κ2) is 27.0. The number of aliphatic hydroxyl groups excluding tert-OH is 8. The number of rotatable bonds is 20. The first-order valence-corrected chi connectivity index (χ1v) is 28.1. The molecule has 80 heavy (non-hydrogen) atoms. The van der Waals surface area contributed by atoms with Gasteiger partial charge in [0.1, 0.15) is 83.3 Å². The average molecular weight is 1100 g/mol. The number of ether oxygens (including phenoxy) is 8. The van der Waals surface area contributed by atoms with Gasteiger partial charge in [-0.15, -0.1) is 0 Å². The van der Waals surface area contributed by atoms with Gasteiger partial charge in [0.2, 0.25) is 12.6 Å². The van der Waals surface area contributed by atoms with Gasteiger partial charge in [0.15, 0.2) is 0 Å². The Hall–Kier alpha value is -6.28. The molecule has 8 bridgehead atoms. The van der Waals surface area contributed by atoms with Gasteiger partial charge in [0.25, 0.3) is 0 Å². The molecular weight excluding hydrogens is 1020 g/mol. The first-order valence-electron chi connectivity index (χ1n) is 28.1. The number of hydrogen-bond donors (Lipinski definition) is 8. The number of para-hydroxylation sites is 2. The summed E-state index contributed by atoms with van der Waals surface area (Å²) in [6.45, 7) is 9.19. The third-order valence-corrected chi connectivity index (χ3v) is 14.7. The molecule has 0 radical (unpaired) electrons. The van der Waals surface area contributed by atoms with Crippen molar-refractivity contribution in [1.82, 2.24) is 0 Å². The van der Waals surface area contributed by atoms with Crippen LogP contribution in [0.15, 0.2) is 109 Å². The summed E-state index contributed by atoms with van der Waals surface area (Å²) in [6.07, 6.45) is -9.15. The van der Waals surface area contributed by atoms with Gasteiger partial charge in [-0.05, 0) is 141 Å². The van der Waals surface area contributed by atoms with E-state index in [0.29, 0.717) is 63.6 Å². The summed E-state index contributed by atoms with van der Waals surface area (Å²) in [5.74, 6) is 3.85. The van der Waals surface area contributed by atoms with E-state index < -0.39 is 74.6 Å². The molecule has 2 fully saturated rings. The van der Waals surface area contributed by atoms with Crippen molar-refractivity contribution in [2.24, 2.45) is 0 Å². The quantitative estimate of drug-likeness (QED) is 0.0377. The highest BCUT2D eigenvalue weighted by Crippen LogP contribution is 2.43. The highest BCUT2D eigenvalue weighted by atomic mass is 16.7. The van der Waals surface area contributed by atoms with E-state index in [4.69, 9.17) is 37.9 Å². The minimum Gasteiger partial charge on any atom is -0.493 e. The van der Waals surface area contributed by atoms with Crippen LogP contribution >= 0.6 is 0 Å². The molecule has 9 rings (SSSR count). The Morgan fingerprint density at radius 2 is 0.650 bits per heavy atom. The molecule has 8 N–H and O–H groups in total. The maximum atomic E-state index is 10.7. The summed E-state index contributed by atoms with van der Waals surface area (Å²) in [4.78, 5) is 0. The summed E-state index contributed by atoms with van der Waals surface area (Å²) in [6, 6.07) is 36.0. The maximum absolute atomic E-state index is 10.7. The molecule has 1 aliphatic carbocycles. The predicted octanol–water partition coefficient (Wildman–Crippen LogP) is 7.21. The highest BCUT2D eigenvalue weighted by molar-refractivity contribution is 5.71. The van der Waals surface area contributed by atoms with Crippen molar-refractivity contribution in [3.05, 3.63) is 154 Å². The normalized spacial score (nSPS) is 23.7. The zero-order chi connectivity index (χ0) is 56.5. The van der Waals surface area contributed by atoms with Crippen molar-refractivity contribution >= 4 is 0 Å². The molecule has 2 aliphatic heterocycles. The zero-order valence-electron chi connectivity index (χ0n) is 45.9. The number of hydrogen-bond acceptors (Lipinski definition) is 16. The lowest BCUT2D eigenvalue weighted by molar-refractivity contribution is -0.277. The largest absolute Gasteiger partial charge is 0.493 e. The molecule has 0 saturated carbocycles. The van der Waals surface area contributed by atoms with E-state index >= 15 is 0 Å². The maximum Gasteiger partial charge on any atom is 0.229 e. The standard InChI is InChI=1S/C64H76O16/c1-5-23-73-59-39-11-9-12-40(59)28-46-32-44(38-17-21-50(22-18-38)78-64-58(72)56(70)54(68)52(36-66)80-64)34-48(62(46)76-26-8-4)30-42-14-10-13-41(60(42)74-24-6-2)29-47-33-43(31-45(27-39)61(47)75-25-7-3)37-15-19-49(20-16-37)77-63-57(71)55(69)53(67)51(35-65)79-63/h9-22,31-34,51-58,63-72H,5-8,23-30,35-36H2,1-4H3/t51-,52-,53+,54+,55+,56+,57-,58-,63-,64-/m1/s1. The zero-order valence-corrected chi connectivity index (χ0v) is 45.9. The number of aliphatic hydroxyl groups is 8. The summed E-state index contributed by atoms with van der Waals surface area (Å²) in [5.41, 5.74) is 11.4. The second-order valence-corrected chi connectivity index (χ2v) is 20.8. The SMILES string of the molecule is CCCOc1c2cccc1Cc1cc(-c3ccc(O[C@@H]4O[C@H](CO)[C@H](O)[C@H](O)[C@H]4O)cc3)cc(c1OCCC)Cc1cccc(c1OCCC)Cc1cc(-c3ccc(O[C@@H]4O[C@H](CO)[C@H](O)[C@H](O)[C@H]4O)cc3)cc(c1OCCC)C2.